The zero-order valence-corrected chi connectivity index (χ0v) is 8.71. The Morgan fingerprint density at radius 3 is 2.08 bits per heavy atom. The Labute approximate surface area is 75.9 Å². The van der Waals surface area contributed by atoms with Crippen molar-refractivity contribution in [1.82, 2.24) is 0 Å². The molecule has 0 aliphatic heterocycles. The first-order valence-electron chi connectivity index (χ1n) is 4.82. The third-order valence-corrected chi connectivity index (χ3v) is 1.71. The van der Waals surface area contributed by atoms with Crippen LogP contribution in [0.3, 0.4) is 0 Å². The molecule has 0 radical (unpaired) electrons. The van der Waals surface area contributed by atoms with Crippen LogP contribution in [0.2, 0.25) is 0 Å². The minimum atomic E-state index is -0.199. The van der Waals surface area contributed by atoms with E-state index in [4.69, 9.17) is 9.84 Å². The number of hydrogen-bond acceptors (Lipinski definition) is 2. The molecule has 0 aliphatic carbocycles. The standard InChI is InChI=1S/C10H22O2/c1-8(2)7-12-10(4)6-5-9(3)11/h8-11H,5-7H2,1-4H3. The molecule has 0 aromatic rings. The van der Waals surface area contributed by atoms with Gasteiger partial charge in [-0.1, -0.05) is 13.8 Å². The van der Waals surface area contributed by atoms with Crippen LogP contribution in [-0.4, -0.2) is 23.9 Å². The topological polar surface area (TPSA) is 29.5 Å². The first-order valence-corrected chi connectivity index (χ1v) is 4.82. The second-order valence-corrected chi connectivity index (χ2v) is 3.96. The van der Waals surface area contributed by atoms with Crippen LogP contribution in [-0.2, 0) is 4.74 Å². The molecule has 12 heavy (non-hydrogen) atoms. The van der Waals surface area contributed by atoms with Crippen LogP contribution in [0.5, 0.6) is 0 Å². The van der Waals surface area contributed by atoms with Gasteiger partial charge in [0.1, 0.15) is 0 Å². The van der Waals surface area contributed by atoms with Gasteiger partial charge in [0.2, 0.25) is 0 Å². The van der Waals surface area contributed by atoms with E-state index in [-0.39, 0.29) is 12.2 Å². The Morgan fingerprint density at radius 2 is 1.67 bits per heavy atom. The molecule has 0 rings (SSSR count). The van der Waals surface area contributed by atoms with Crippen LogP contribution in [0.1, 0.15) is 40.5 Å². The molecule has 0 aromatic carbocycles. The quantitative estimate of drug-likeness (QED) is 0.669. The summed E-state index contributed by atoms with van der Waals surface area (Å²) in [4.78, 5) is 0. The smallest absolute Gasteiger partial charge is 0.0548 e. The van der Waals surface area contributed by atoms with Crippen molar-refractivity contribution in [3.8, 4) is 0 Å². The van der Waals surface area contributed by atoms with Gasteiger partial charge < -0.3 is 9.84 Å². The maximum Gasteiger partial charge on any atom is 0.0548 e. The van der Waals surface area contributed by atoms with Crippen molar-refractivity contribution in [1.29, 1.82) is 0 Å². The summed E-state index contributed by atoms with van der Waals surface area (Å²) in [5.41, 5.74) is 0. The van der Waals surface area contributed by atoms with E-state index in [0.717, 1.165) is 19.4 Å². The van der Waals surface area contributed by atoms with Crippen LogP contribution >= 0.6 is 0 Å². The first kappa shape index (κ1) is 11.9. The molecule has 0 saturated carbocycles. The highest BCUT2D eigenvalue weighted by molar-refractivity contribution is 4.55. The monoisotopic (exact) mass is 174 g/mol. The van der Waals surface area contributed by atoms with Crippen LogP contribution in [0.15, 0.2) is 0 Å². The van der Waals surface area contributed by atoms with Crippen LogP contribution in [0, 0.1) is 5.92 Å². The molecule has 2 nitrogen and oxygen atoms in total. The number of rotatable bonds is 6. The van der Waals surface area contributed by atoms with E-state index < -0.39 is 0 Å². The lowest BCUT2D eigenvalue weighted by Crippen LogP contribution is -2.14. The summed E-state index contributed by atoms with van der Waals surface area (Å²) in [5, 5.41) is 9.02. The molecule has 0 heterocycles. The highest BCUT2D eigenvalue weighted by Crippen LogP contribution is 2.06. The summed E-state index contributed by atoms with van der Waals surface area (Å²) in [5.74, 6) is 0.596. The van der Waals surface area contributed by atoms with E-state index in [1.54, 1.807) is 0 Å². The molecule has 2 unspecified atom stereocenters. The lowest BCUT2D eigenvalue weighted by Gasteiger charge is -2.15. The average Bonchev–Trinajstić information content (AvgIpc) is 1.96. The Kier molecular flexibility index (Phi) is 6.39. The van der Waals surface area contributed by atoms with Gasteiger partial charge in [0, 0.05) is 6.61 Å². The third-order valence-electron chi connectivity index (χ3n) is 1.71. The van der Waals surface area contributed by atoms with Crippen molar-refractivity contribution < 1.29 is 9.84 Å². The molecule has 0 fully saturated rings. The molecule has 0 spiro atoms. The molecule has 1 N–H and O–H groups in total. The zero-order chi connectivity index (χ0) is 9.56. The molecular formula is C10H22O2. The van der Waals surface area contributed by atoms with Crippen molar-refractivity contribution in [3.63, 3.8) is 0 Å². The first-order chi connectivity index (χ1) is 5.52. The molecule has 74 valence electrons. The largest absolute Gasteiger partial charge is 0.393 e. The highest BCUT2D eigenvalue weighted by atomic mass is 16.5. The summed E-state index contributed by atoms with van der Waals surface area (Å²) in [6.07, 6.45) is 1.86. The summed E-state index contributed by atoms with van der Waals surface area (Å²) in [6, 6.07) is 0. The number of aliphatic hydroxyl groups excluding tert-OH is 1. The molecule has 0 aliphatic rings. The zero-order valence-electron chi connectivity index (χ0n) is 8.71. The fourth-order valence-corrected chi connectivity index (χ4v) is 0.916. The van der Waals surface area contributed by atoms with Crippen LogP contribution in [0.25, 0.3) is 0 Å². The van der Waals surface area contributed by atoms with E-state index in [1.165, 1.54) is 0 Å². The summed E-state index contributed by atoms with van der Waals surface area (Å²) in [7, 11) is 0. The highest BCUT2D eigenvalue weighted by Gasteiger charge is 2.05. The second kappa shape index (κ2) is 6.44. The van der Waals surface area contributed by atoms with Gasteiger partial charge in [0.25, 0.3) is 0 Å². The number of hydrogen-bond donors (Lipinski definition) is 1. The normalized spacial score (nSPS) is 16.5. The molecule has 0 bridgehead atoms. The van der Waals surface area contributed by atoms with E-state index in [1.807, 2.05) is 6.92 Å². The number of aliphatic hydroxyl groups is 1. The summed E-state index contributed by atoms with van der Waals surface area (Å²) >= 11 is 0. The predicted octanol–water partition coefficient (Wildman–Crippen LogP) is 2.21. The maximum absolute atomic E-state index is 9.02. The summed E-state index contributed by atoms with van der Waals surface area (Å²) in [6.45, 7) is 8.98. The van der Waals surface area contributed by atoms with Gasteiger partial charge in [-0.2, -0.15) is 0 Å². The van der Waals surface area contributed by atoms with Gasteiger partial charge in [-0.05, 0) is 32.6 Å². The van der Waals surface area contributed by atoms with E-state index in [9.17, 15) is 0 Å². The van der Waals surface area contributed by atoms with Crippen LogP contribution in [0.4, 0.5) is 0 Å². The Hall–Kier alpha value is -0.0800. The van der Waals surface area contributed by atoms with Crippen molar-refractivity contribution >= 4 is 0 Å². The number of ether oxygens (including phenoxy) is 1. The van der Waals surface area contributed by atoms with Gasteiger partial charge in [-0.25, -0.2) is 0 Å². The Morgan fingerprint density at radius 1 is 1.08 bits per heavy atom. The lowest BCUT2D eigenvalue weighted by molar-refractivity contribution is 0.0331. The minimum absolute atomic E-state index is 0.199. The SMILES string of the molecule is CC(C)COC(C)CCC(C)O. The van der Waals surface area contributed by atoms with Crippen molar-refractivity contribution in [3.05, 3.63) is 0 Å². The van der Waals surface area contributed by atoms with Gasteiger partial charge in [0.15, 0.2) is 0 Å². The minimum Gasteiger partial charge on any atom is -0.393 e. The van der Waals surface area contributed by atoms with Crippen molar-refractivity contribution in [2.24, 2.45) is 5.92 Å². The Balaban J connectivity index is 3.27. The molecule has 0 amide bonds. The molecular weight excluding hydrogens is 152 g/mol. The molecule has 0 aromatic heterocycles. The fraction of sp³-hybridized carbons (Fsp3) is 1.00. The molecule has 2 heteroatoms. The molecule has 2 atom stereocenters. The fourth-order valence-electron chi connectivity index (χ4n) is 0.916. The van der Waals surface area contributed by atoms with Crippen molar-refractivity contribution in [2.45, 2.75) is 52.7 Å². The average molecular weight is 174 g/mol. The van der Waals surface area contributed by atoms with E-state index >= 15 is 0 Å². The van der Waals surface area contributed by atoms with Gasteiger partial charge >= 0.3 is 0 Å². The third kappa shape index (κ3) is 8.02. The Bertz CT molecular complexity index is 88.0. The van der Waals surface area contributed by atoms with E-state index in [0.29, 0.717) is 5.92 Å². The van der Waals surface area contributed by atoms with Gasteiger partial charge in [0.05, 0.1) is 12.2 Å². The summed E-state index contributed by atoms with van der Waals surface area (Å²) < 4.78 is 5.54. The second-order valence-electron chi connectivity index (χ2n) is 3.96. The van der Waals surface area contributed by atoms with Crippen LogP contribution < -0.4 is 0 Å². The lowest BCUT2D eigenvalue weighted by atomic mass is 10.1. The van der Waals surface area contributed by atoms with Gasteiger partial charge in [-0.3, -0.25) is 0 Å². The maximum atomic E-state index is 9.02. The molecule has 0 saturated heterocycles. The predicted molar refractivity (Wildman–Crippen MR) is 51.2 cm³/mol. The van der Waals surface area contributed by atoms with Gasteiger partial charge in [-0.15, -0.1) is 0 Å². The van der Waals surface area contributed by atoms with Crippen molar-refractivity contribution in [2.75, 3.05) is 6.61 Å². The van der Waals surface area contributed by atoms with E-state index in [2.05, 4.69) is 20.8 Å².